The zero-order chi connectivity index (χ0) is 22.3. The van der Waals surface area contributed by atoms with Crippen LogP contribution in [0.25, 0.3) is 0 Å². The molecule has 0 aliphatic carbocycles. The first-order valence-corrected chi connectivity index (χ1v) is 12.2. The maximum atomic E-state index is 12.9. The number of benzene rings is 2. The molecule has 2 aromatic carbocycles. The van der Waals surface area contributed by atoms with Gasteiger partial charge in [-0.15, -0.1) is 0 Å². The zero-order valence-corrected chi connectivity index (χ0v) is 19.5. The van der Waals surface area contributed by atoms with E-state index in [1.807, 2.05) is 36.1 Å². The van der Waals surface area contributed by atoms with Crippen molar-refractivity contribution >= 4 is 27.4 Å². The lowest BCUT2D eigenvalue weighted by molar-refractivity contribution is 0.264. The predicted octanol–water partition coefficient (Wildman–Crippen LogP) is 2.52. The molecule has 1 fully saturated rings. The van der Waals surface area contributed by atoms with Gasteiger partial charge in [0.15, 0.2) is 5.11 Å². The molecule has 1 aliphatic heterocycles. The number of hydrogen-bond donors (Lipinski definition) is 1. The Kier molecular flexibility index (Phi) is 8.11. The van der Waals surface area contributed by atoms with Gasteiger partial charge in [-0.05, 0) is 67.5 Å². The van der Waals surface area contributed by atoms with Gasteiger partial charge < -0.3 is 19.7 Å². The first-order chi connectivity index (χ1) is 14.9. The molecule has 0 aromatic heterocycles. The van der Waals surface area contributed by atoms with Gasteiger partial charge in [0, 0.05) is 32.7 Å². The van der Waals surface area contributed by atoms with Gasteiger partial charge in [0.25, 0.3) is 0 Å². The van der Waals surface area contributed by atoms with Crippen molar-refractivity contribution in [3.8, 4) is 11.5 Å². The van der Waals surface area contributed by atoms with Crippen molar-refractivity contribution < 1.29 is 17.9 Å². The van der Waals surface area contributed by atoms with E-state index in [0.717, 1.165) is 18.7 Å². The van der Waals surface area contributed by atoms with Crippen molar-refractivity contribution in [1.29, 1.82) is 0 Å². The zero-order valence-electron chi connectivity index (χ0n) is 17.9. The van der Waals surface area contributed by atoms with Crippen LogP contribution in [0, 0.1) is 0 Å². The van der Waals surface area contributed by atoms with Gasteiger partial charge in [0.05, 0.1) is 18.6 Å². The average Bonchev–Trinajstić information content (AvgIpc) is 2.80. The van der Waals surface area contributed by atoms with Gasteiger partial charge in [-0.1, -0.05) is 12.1 Å². The van der Waals surface area contributed by atoms with Crippen LogP contribution in [0.4, 0.5) is 0 Å². The number of sulfonamides is 1. The fourth-order valence-electron chi connectivity index (χ4n) is 3.37. The molecule has 0 radical (unpaired) electrons. The van der Waals surface area contributed by atoms with E-state index in [1.165, 1.54) is 9.87 Å². The lowest BCUT2D eigenvalue weighted by Gasteiger charge is -2.35. The van der Waals surface area contributed by atoms with Gasteiger partial charge >= 0.3 is 0 Å². The van der Waals surface area contributed by atoms with Crippen molar-refractivity contribution in [3.63, 3.8) is 0 Å². The highest BCUT2D eigenvalue weighted by Gasteiger charge is 2.29. The maximum absolute atomic E-state index is 12.9. The van der Waals surface area contributed by atoms with Crippen LogP contribution in [0.5, 0.6) is 11.5 Å². The van der Waals surface area contributed by atoms with Crippen molar-refractivity contribution in [2.75, 3.05) is 46.4 Å². The van der Waals surface area contributed by atoms with Crippen LogP contribution >= 0.6 is 12.2 Å². The molecule has 3 rings (SSSR count). The summed E-state index contributed by atoms with van der Waals surface area (Å²) in [4.78, 5) is 2.30. The fraction of sp³-hybridized carbons (Fsp3) is 0.409. The molecule has 9 heteroatoms. The average molecular weight is 464 g/mol. The van der Waals surface area contributed by atoms with Gasteiger partial charge in [-0.3, -0.25) is 0 Å². The Morgan fingerprint density at radius 1 is 1.00 bits per heavy atom. The second-order valence-corrected chi connectivity index (χ2v) is 9.45. The third kappa shape index (κ3) is 6.09. The molecule has 0 amide bonds. The largest absolute Gasteiger partial charge is 0.497 e. The second-order valence-electron chi connectivity index (χ2n) is 7.13. The van der Waals surface area contributed by atoms with Gasteiger partial charge in [0.1, 0.15) is 11.5 Å². The molecule has 31 heavy (non-hydrogen) atoms. The Labute approximate surface area is 190 Å². The fourth-order valence-corrected chi connectivity index (χ4v) is 5.08. The van der Waals surface area contributed by atoms with Crippen LogP contribution in [0.2, 0.25) is 0 Å². The minimum Gasteiger partial charge on any atom is -0.497 e. The van der Waals surface area contributed by atoms with Crippen LogP contribution in [0.3, 0.4) is 0 Å². The van der Waals surface area contributed by atoms with Crippen LogP contribution in [0.1, 0.15) is 12.5 Å². The molecule has 1 saturated heterocycles. The topological polar surface area (TPSA) is 71.1 Å². The van der Waals surface area contributed by atoms with Crippen LogP contribution in [0.15, 0.2) is 53.4 Å². The molecule has 7 nitrogen and oxygen atoms in total. The first-order valence-electron chi connectivity index (χ1n) is 10.3. The molecular formula is C22H29N3O4S2. The van der Waals surface area contributed by atoms with Crippen molar-refractivity contribution in [2.45, 2.75) is 18.2 Å². The summed E-state index contributed by atoms with van der Waals surface area (Å²) in [6, 6.07) is 14.5. The number of ether oxygens (including phenoxy) is 2. The third-order valence-electron chi connectivity index (χ3n) is 5.15. The summed E-state index contributed by atoms with van der Waals surface area (Å²) in [5, 5.41) is 3.94. The minimum atomic E-state index is -3.52. The number of piperazine rings is 1. The van der Waals surface area contributed by atoms with E-state index in [4.69, 9.17) is 21.7 Å². The molecule has 0 bridgehead atoms. The van der Waals surface area contributed by atoms with Crippen LogP contribution in [-0.4, -0.2) is 69.2 Å². The summed E-state index contributed by atoms with van der Waals surface area (Å²) in [5.41, 5.74) is 1.20. The summed E-state index contributed by atoms with van der Waals surface area (Å²) < 4.78 is 37.9. The monoisotopic (exact) mass is 463 g/mol. The molecule has 2 aromatic rings. The number of nitrogens with one attached hydrogen (secondary N) is 1. The molecule has 1 heterocycles. The smallest absolute Gasteiger partial charge is 0.243 e. The molecule has 0 saturated carbocycles. The van der Waals surface area contributed by atoms with Crippen molar-refractivity contribution in [3.05, 3.63) is 54.1 Å². The van der Waals surface area contributed by atoms with E-state index >= 15 is 0 Å². The number of nitrogens with zero attached hydrogens (tertiary/aromatic N) is 2. The molecule has 1 aliphatic rings. The summed E-state index contributed by atoms with van der Waals surface area (Å²) in [5.74, 6) is 1.50. The highest BCUT2D eigenvalue weighted by atomic mass is 32.2. The lowest BCUT2D eigenvalue weighted by atomic mass is 10.1. The Morgan fingerprint density at radius 3 is 2.19 bits per heavy atom. The SMILES string of the molecule is CCOc1ccc(S(=O)(=O)N2CCN(C(=S)NCCc3ccc(OC)cc3)CC2)cc1. The van der Waals surface area contributed by atoms with E-state index in [0.29, 0.717) is 43.6 Å². The Balaban J connectivity index is 1.47. The number of rotatable bonds is 8. The van der Waals surface area contributed by atoms with Gasteiger partial charge in [-0.2, -0.15) is 4.31 Å². The van der Waals surface area contributed by atoms with E-state index < -0.39 is 10.0 Å². The summed E-state index contributed by atoms with van der Waals surface area (Å²) >= 11 is 5.51. The molecule has 0 spiro atoms. The van der Waals surface area contributed by atoms with Crippen molar-refractivity contribution in [1.82, 2.24) is 14.5 Å². The second kappa shape index (κ2) is 10.8. The normalized spacial score (nSPS) is 14.8. The number of methoxy groups -OCH3 is 1. The third-order valence-corrected chi connectivity index (χ3v) is 7.46. The quantitative estimate of drug-likeness (QED) is 0.603. The number of hydrogen-bond acceptors (Lipinski definition) is 5. The van der Waals surface area contributed by atoms with Gasteiger partial charge in [0.2, 0.25) is 10.0 Å². The summed E-state index contributed by atoms with van der Waals surface area (Å²) in [6.07, 6.45) is 0.843. The van der Waals surface area contributed by atoms with E-state index in [9.17, 15) is 8.42 Å². The number of thiocarbonyl (C=S) groups is 1. The van der Waals surface area contributed by atoms with Crippen LogP contribution < -0.4 is 14.8 Å². The van der Waals surface area contributed by atoms with Crippen molar-refractivity contribution in [2.24, 2.45) is 0 Å². The molecule has 0 atom stereocenters. The Bertz CT molecular complexity index is 955. The molecular weight excluding hydrogens is 434 g/mol. The highest BCUT2D eigenvalue weighted by Crippen LogP contribution is 2.21. The molecule has 1 N–H and O–H groups in total. The standard InChI is InChI=1S/C22H29N3O4S2/c1-3-29-20-8-10-21(11-9-20)31(26,27)25-16-14-24(15-17-25)22(30)23-13-12-18-4-6-19(28-2)7-5-18/h4-11H,3,12-17H2,1-2H3,(H,23,30). The highest BCUT2D eigenvalue weighted by molar-refractivity contribution is 7.89. The van der Waals surface area contributed by atoms with E-state index in [2.05, 4.69) is 5.32 Å². The lowest BCUT2D eigenvalue weighted by Crippen LogP contribution is -2.53. The molecule has 168 valence electrons. The van der Waals surface area contributed by atoms with E-state index in [-0.39, 0.29) is 4.90 Å². The first kappa shape index (κ1) is 23.3. The van der Waals surface area contributed by atoms with Gasteiger partial charge in [-0.25, -0.2) is 8.42 Å². The molecule has 0 unspecified atom stereocenters. The minimum absolute atomic E-state index is 0.282. The summed E-state index contributed by atoms with van der Waals surface area (Å²) in [6.45, 7) is 5.07. The maximum Gasteiger partial charge on any atom is 0.243 e. The predicted molar refractivity (Wildman–Crippen MR) is 125 cm³/mol. The Morgan fingerprint density at radius 2 is 1.61 bits per heavy atom. The van der Waals surface area contributed by atoms with Crippen LogP contribution in [-0.2, 0) is 16.4 Å². The van der Waals surface area contributed by atoms with E-state index in [1.54, 1.807) is 31.4 Å². The summed E-state index contributed by atoms with van der Waals surface area (Å²) in [7, 11) is -1.87. The Hall–Kier alpha value is -2.36.